The Balaban J connectivity index is 1.59. The van der Waals surface area contributed by atoms with Gasteiger partial charge >= 0.3 is 5.97 Å². The molecular weight excluding hydrogens is 515 g/mol. The van der Waals surface area contributed by atoms with Gasteiger partial charge in [0.05, 0.1) is 32.5 Å². The van der Waals surface area contributed by atoms with Crippen molar-refractivity contribution in [2.24, 2.45) is 0 Å². The van der Waals surface area contributed by atoms with Crippen molar-refractivity contribution >= 4 is 28.4 Å². The summed E-state index contributed by atoms with van der Waals surface area (Å²) < 4.78 is 56.5. The van der Waals surface area contributed by atoms with Crippen LogP contribution in [0.1, 0.15) is 28.9 Å². The highest BCUT2D eigenvalue weighted by molar-refractivity contribution is 6.04. The zero-order chi connectivity index (χ0) is 27.7. The molecule has 4 aromatic rings. The van der Waals surface area contributed by atoms with Crippen LogP contribution in [-0.2, 0) is 16.1 Å². The lowest BCUT2D eigenvalue weighted by atomic mass is 9.92. The van der Waals surface area contributed by atoms with E-state index in [-0.39, 0.29) is 57.9 Å². The molecule has 3 heterocycles. The van der Waals surface area contributed by atoms with E-state index in [0.29, 0.717) is 31.1 Å². The SMILES string of the molecule is COC(=O)c1cc2c(-c3cc(F)cc(F)c3OC)cc(C3=CCCN(C(=O)CCn4ccnn4)C3)c(F)c2[nH]1. The minimum atomic E-state index is -0.934. The number of hydrogen-bond acceptors (Lipinski definition) is 6. The molecule has 5 rings (SSSR count). The Labute approximate surface area is 220 Å². The highest BCUT2D eigenvalue weighted by atomic mass is 19.1. The first kappa shape index (κ1) is 26.0. The van der Waals surface area contributed by atoms with E-state index in [0.717, 1.165) is 6.07 Å². The molecule has 2 aromatic heterocycles. The van der Waals surface area contributed by atoms with E-state index < -0.39 is 23.4 Å². The molecule has 0 fully saturated rings. The monoisotopic (exact) mass is 539 g/mol. The second kappa shape index (κ2) is 10.6. The summed E-state index contributed by atoms with van der Waals surface area (Å²) in [5, 5.41) is 7.79. The summed E-state index contributed by atoms with van der Waals surface area (Å²) in [6, 6.07) is 4.59. The minimum absolute atomic E-state index is 0.0360. The van der Waals surface area contributed by atoms with Crippen LogP contribution in [0.5, 0.6) is 5.75 Å². The fourth-order valence-electron chi connectivity index (χ4n) is 4.78. The number of nitrogens with one attached hydrogen (secondary N) is 1. The minimum Gasteiger partial charge on any atom is -0.493 e. The third kappa shape index (κ3) is 4.97. The summed E-state index contributed by atoms with van der Waals surface area (Å²) in [4.78, 5) is 29.5. The van der Waals surface area contributed by atoms with Crippen molar-refractivity contribution in [2.75, 3.05) is 27.3 Å². The first-order valence-corrected chi connectivity index (χ1v) is 12.1. The summed E-state index contributed by atoms with van der Waals surface area (Å²) in [5.41, 5.74) is 0.818. The molecule has 1 amide bonds. The van der Waals surface area contributed by atoms with Crippen LogP contribution in [-0.4, -0.2) is 64.1 Å². The number of amides is 1. The maximum atomic E-state index is 16.0. The fourth-order valence-corrected chi connectivity index (χ4v) is 4.78. The average molecular weight is 540 g/mol. The number of aromatic amines is 1. The lowest BCUT2D eigenvalue weighted by Crippen LogP contribution is -2.36. The molecule has 1 N–H and O–H groups in total. The molecule has 0 atom stereocenters. The molecule has 0 saturated heterocycles. The number of methoxy groups -OCH3 is 2. The number of carbonyl (C=O) groups excluding carboxylic acids is 2. The topological polar surface area (TPSA) is 102 Å². The second-order valence-corrected chi connectivity index (χ2v) is 8.97. The molecule has 12 heteroatoms. The highest BCUT2D eigenvalue weighted by Gasteiger charge is 2.26. The van der Waals surface area contributed by atoms with Crippen LogP contribution in [0.15, 0.2) is 42.7 Å². The van der Waals surface area contributed by atoms with E-state index in [1.807, 2.05) is 6.08 Å². The molecule has 2 aromatic carbocycles. The van der Waals surface area contributed by atoms with Crippen LogP contribution in [0, 0.1) is 17.5 Å². The number of rotatable bonds is 7. The molecule has 9 nitrogen and oxygen atoms in total. The lowest BCUT2D eigenvalue weighted by Gasteiger charge is -2.28. The van der Waals surface area contributed by atoms with Gasteiger partial charge < -0.3 is 19.4 Å². The van der Waals surface area contributed by atoms with E-state index in [1.54, 1.807) is 15.8 Å². The fraction of sp³-hybridized carbons (Fsp3) is 0.259. The predicted octanol–water partition coefficient (Wildman–Crippen LogP) is 4.34. The largest absolute Gasteiger partial charge is 0.493 e. The highest BCUT2D eigenvalue weighted by Crippen LogP contribution is 2.41. The maximum absolute atomic E-state index is 16.0. The van der Waals surface area contributed by atoms with Gasteiger partial charge in [0.25, 0.3) is 0 Å². The zero-order valence-corrected chi connectivity index (χ0v) is 21.1. The van der Waals surface area contributed by atoms with E-state index in [4.69, 9.17) is 9.47 Å². The number of halogens is 3. The number of hydrogen-bond donors (Lipinski definition) is 1. The Bertz CT molecular complexity index is 1600. The molecule has 39 heavy (non-hydrogen) atoms. The van der Waals surface area contributed by atoms with Crippen LogP contribution in [0.25, 0.3) is 27.6 Å². The maximum Gasteiger partial charge on any atom is 0.354 e. The van der Waals surface area contributed by atoms with Gasteiger partial charge in [-0.05, 0) is 35.8 Å². The van der Waals surface area contributed by atoms with Crippen molar-refractivity contribution < 1.29 is 32.2 Å². The van der Waals surface area contributed by atoms with Gasteiger partial charge in [0.2, 0.25) is 5.91 Å². The van der Waals surface area contributed by atoms with E-state index in [9.17, 15) is 18.4 Å². The number of fused-ring (bicyclic) bond motifs is 1. The third-order valence-electron chi connectivity index (χ3n) is 6.64. The number of aromatic nitrogens is 4. The summed E-state index contributed by atoms with van der Waals surface area (Å²) in [5.74, 6) is -3.58. The molecule has 1 aliphatic rings. The number of nitrogens with zero attached hydrogens (tertiary/aromatic N) is 4. The van der Waals surface area contributed by atoms with Crippen molar-refractivity contribution in [1.82, 2.24) is 24.9 Å². The lowest BCUT2D eigenvalue weighted by molar-refractivity contribution is -0.131. The van der Waals surface area contributed by atoms with Crippen molar-refractivity contribution in [3.63, 3.8) is 0 Å². The number of H-pyrrole nitrogens is 1. The normalized spacial score (nSPS) is 13.5. The Morgan fingerprint density at radius 3 is 2.62 bits per heavy atom. The van der Waals surface area contributed by atoms with Gasteiger partial charge in [0.1, 0.15) is 11.5 Å². The molecule has 1 aliphatic heterocycles. The second-order valence-electron chi connectivity index (χ2n) is 8.97. The Morgan fingerprint density at radius 2 is 1.90 bits per heavy atom. The molecule has 0 saturated carbocycles. The molecular formula is C27H24F3N5O4. The first-order chi connectivity index (χ1) is 18.8. The Kier molecular flexibility index (Phi) is 7.09. The van der Waals surface area contributed by atoms with Crippen LogP contribution >= 0.6 is 0 Å². The molecule has 0 bridgehead atoms. The van der Waals surface area contributed by atoms with Crippen molar-refractivity contribution in [1.29, 1.82) is 0 Å². The zero-order valence-electron chi connectivity index (χ0n) is 21.1. The van der Waals surface area contributed by atoms with Crippen LogP contribution < -0.4 is 4.74 Å². The summed E-state index contributed by atoms with van der Waals surface area (Å²) >= 11 is 0. The first-order valence-electron chi connectivity index (χ1n) is 12.1. The Morgan fingerprint density at radius 1 is 1.08 bits per heavy atom. The van der Waals surface area contributed by atoms with Crippen LogP contribution in [0.3, 0.4) is 0 Å². The van der Waals surface area contributed by atoms with Gasteiger partial charge in [-0.15, -0.1) is 5.10 Å². The molecule has 0 unspecified atom stereocenters. The average Bonchev–Trinajstić information content (AvgIpc) is 3.62. The summed E-state index contributed by atoms with van der Waals surface area (Å²) in [6.45, 7) is 0.925. The van der Waals surface area contributed by atoms with E-state index >= 15 is 4.39 Å². The van der Waals surface area contributed by atoms with E-state index in [2.05, 4.69) is 15.3 Å². The number of carbonyl (C=O) groups is 2. The van der Waals surface area contributed by atoms with Gasteiger partial charge in [-0.1, -0.05) is 11.3 Å². The smallest absolute Gasteiger partial charge is 0.354 e. The third-order valence-corrected chi connectivity index (χ3v) is 6.64. The molecule has 202 valence electrons. The Hall–Kier alpha value is -4.61. The number of benzene rings is 2. The summed E-state index contributed by atoms with van der Waals surface area (Å²) in [6.07, 6.45) is 5.66. The number of aryl methyl sites for hydroxylation is 1. The number of esters is 1. The van der Waals surface area contributed by atoms with Crippen molar-refractivity contribution in [2.45, 2.75) is 19.4 Å². The van der Waals surface area contributed by atoms with Crippen LogP contribution in [0.2, 0.25) is 0 Å². The van der Waals surface area contributed by atoms with Crippen molar-refractivity contribution in [3.05, 3.63) is 71.4 Å². The van der Waals surface area contributed by atoms with Gasteiger partial charge in [-0.3, -0.25) is 9.48 Å². The molecule has 0 radical (unpaired) electrons. The van der Waals surface area contributed by atoms with Crippen molar-refractivity contribution in [3.8, 4) is 16.9 Å². The van der Waals surface area contributed by atoms with Crippen LogP contribution in [0.4, 0.5) is 13.2 Å². The summed E-state index contributed by atoms with van der Waals surface area (Å²) in [7, 11) is 2.42. The molecule has 0 aliphatic carbocycles. The van der Waals surface area contributed by atoms with Gasteiger partial charge in [-0.25, -0.2) is 18.0 Å². The quantitative estimate of drug-likeness (QED) is 0.351. The van der Waals surface area contributed by atoms with Gasteiger partial charge in [-0.2, -0.15) is 0 Å². The standard InChI is InChI=1S/C27H24F3N5O4/c1-38-26-20(10-16(28)11-21(26)29)18-12-17(24(30)25-19(18)13-22(32-25)27(37)39-2)15-4-3-7-34(14-15)23(36)5-8-35-9-6-31-33-35/h4,6,9-13,32H,3,5,7-8,14H2,1-2H3. The van der Waals surface area contributed by atoms with Gasteiger partial charge in [0, 0.05) is 48.3 Å². The van der Waals surface area contributed by atoms with E-state index in [1.165, 1.54) is 32.5 Å². The number of ether oxygens (including phenoxy) is 2. The predicted molar refractivity (Wildman–Crippen MR) is 135 cm³/mol. The molecule has 0 spiro atoms. The van der Waals surface area contributed by atoms with Gasteiger partial charge in [0.15, 0.2) is 17.4 Å².